The highest BCUT2D eigenvalue weighted by molar-refractivity contribution is 7.09. The third-order valence-electron chi connectivity index (χ3n) is 5.28. The highest BCUT2D eigenvalue weighted by Crippen LogP contribution is 2.41. The Labute approximate surface area is 134 Å². The van der Waals surface area contributed by atoms with Crippen molar-refractivity contribution in [2.24, 2.45) is 11.1 Å². The number of hydrogen-bond donors (Lipinski definition) is 1. The first-order chi connectivity index (χ1) is 9.88. The summed E-state index contributed by atoms with van der Waals surface area (Å²) in [5, 5.41) is 2.18. The second-order valence-corrected chi connectivity index (χ2v) is 8.78. The maximum atomic E-state index is 6.33. The average Bonchev–Trinajstić information content (AvgIpc) is 2.88. The van der Waals surface area contributed by atoms with E-state index >= 15 is 0 Å². The quantitative estimate of drug-likeness (QED) is 0.803. The summed E-state index contributed by atoms with van der Waals surface area (Å²) in [7, 11) is 0. The molecule has 1 aromatic rings. The van der Waals surface area contributed by atoms with Gasteiger partial charge in [-0.2, -0.15) is 0 Å². The van der Waals surface area contributed by atoms with Crippen molar-refractivity contribution in [3.8, 4) is 0 Å². The molecule has 1 aliphatic rings. The fourth-order valence-electron chi connectivity index (χ4n) is 3.79. The molecule has 1 unspecified atom stereocenters. The molecule has 0 aliphatic heterocycles. The van der Waals surface area contributed by atoms with Gasteiger partial charge in [0.05, 0.1) is 0 Å². The number of nitrogens with two attached hydrogens (primary N) is 1. The molecule has 1 fully saturated rings. The standard InChI is InChI=1S/C18H32N2S/c1-15(2)20(13-16-7-5-12-21-16)18(14-19)9-6-8-17(3,4)10-11-18/h5,7,12,15H,6,8-11,13-14,19H2,1-4H3. The minimum atomic E-state index is 0.186. The lowest BCUT2D eigenvalue weighted by molar-refractivity contribution is 0.0385. The zero-order chi connectivity index (χ0) is 15.5. The number of hydrogen-bond acceptors (Lipinski definition) is 3. The van der Waals surface area contributed by atoms with Crippen LogP contribution in [-0.2, 0) is 6.54 Å². The van der Waals surface area contributed by atoms with Crippen molar-refractivity contribution in [2.75, 3.05) is 6.54 Å². The molecule has 2 rings (SSSR count). The van der Waals surface area contributed by atoms with E-state index < -0.39 is 0 Å². The van der Waals surface area contributed by atoms with Crippen LogP contribution in [0.1, 0.15) is 64.7 Å². The Bertz CT molecular complexity index is 424. The van der Waals surface area contributed by atoms with Gasteiger partial charge in [0, 0.05) is 29.5 Å². The fraction of sp³-hybridized carbons (Fsp3) is 0.778. The predicted molar refractivity (Wildman–Crippen MR) is 93.6 cm³/mol. The van der Waals surface area contributed by atoms with Crippen LogP contribution in [0.4, 0.5) is 0 Å². The number of thiophene rings is 1. The first-order valence-electron chi connectivity index (χ1n) is 8.38. The molecule has 0 radical (unpaired) electrons. The van der Waals surface area contributed by atoms with Gasteiger partial charge in [0.1, 0.15) is 0 Å². The monoisotopic (exact) mass is 308 g/mol. The lowest BCUT2D eigenvalue weighted by Gasteiger charge is -2.46. The van der Waals surface area contributed by atoms with Crippen LogP contribution in [0.3, 0.4) is 0 Å². The molecule has 2 nitrogen and oxygen atoms in total. The van der Waals surface area contributed by atoms with Crippen molar-refractivity contribution in [1.82, 2.24) is 4.90 Å². The first kappa shape index (κ1) is 17.0. The molecule has 1 saturated carbocycles. The topological polar surface area (TPSA) is 29.3 Å². The molecule has 0 saturated heterocycles. The highest BCUT2D eigenvalue weighted by Gasteiger charge is 2.40. The van der Waals surface area contributed by atoms with Crippen LogP contribution in [0.15, 0.2) is 17.5 Å². The molecule has 3 heteroatoms. The van der Waals surface area contributed by atoms with Gasteiger partial charge in [0.15, 0.2) is 0 Å². The molecule has 2 N–H and O–H groups in total. The van der Waals surface area contributed by atoms with E-state index in [-0.39, 0.29) is 5.54 Å². The Morgan fingerprint density at radius 3 is 2.57 bits per heavy atom. The largest absolute Gasteiger partial charge is 0.329 e. The SMILES string of the molecule is CC(C)N(Cc1cccs1)C1(CN)CCCC(C)(C)CC1. The summed E-state index contributed by atoms with van der Waals surface area (Å²) in [5.74, 6) is 0. The average molecular weight is 309 g/mol. The van der Waals surface area contributed by atoms with Gasteiger partial charge < -0.3 is 5.73 Å². The summed E-state index contributed by atoms with van der Waals surface area (Å²) < 4.78 is 0. The molecule has 1 aliphatic carbocycles. The number of nitrogens with zero attached hydrogens (tertiary/aromatic N) is 1. The minimum absolute atomic E-state index is 0.186. The van der Waals surface area contributed by atoms with Crippen LogP contribution in [0.5, 0.6) is 0 Å². The van der Waals surface area contributed by atoms with Crippen LogP contribution in [0, 0.1) is 5.41 Å². The first-order valence-corrected chi connectivity index (χ1v) is 9.26. The maximum absolute atomic E-state index is 6.33. The zero-order valence-electron chi connectivity index (χ0n) is 14.2. The van der Waals surface area contributed by atoms with E-state index in [9.17, 15) is 0 Å². The highest BCUT2D eigenvalue weighted by atomic mass is 32.1. The van der Waals surface area contributed by atoms with Crippen molar-refractivity contribution in [3.05, 3.63) is 22.4 Å². The molecule has 0 bridgehead atoms. The fourth-order valence-corrected chi connectivity index (χ4v) is 4.50. The molecular weight excluding hydrogens is 276 g/mol. The molecule has 21 heavy (non-hydrogen) atoms. The van der Waals surface area contributed by atoms with E-state index in [0.29, 0.717) is 11.5 Å². The minimum Gasteiger partial charge on any atom is -0.329 e. The Morgan fingerprint density at radius 1 is 1.24 bits per heavy atom. The van der Waals surface area contributed by atoms with Gasteiger partial charge in [-0.15, -0.1) is 11.3 Å². The third kappa shape index (κ3) is 4.08. The van der Waals surface area contributed by atoms with Crippen molar-refractivity contribution in [3.63, 3.8) is 0 Å². The summed E-state index contributed by atoms with van der Waals surface area (Å²) in [6.07, 6.45) is 6.41. The second-order valence-electron chi connectivity index (χ2n) is 7.75. The van der Waals surface area contributed by atoms with Gasteiger partial charge in [-0.25, -0.2) is 0 Å². The summed E-state index contributed by atoms with van der Waals surface area (Å²) in [5.41, 5.74) is 6.99. The summed E-state index contributed by atoms with van der Waals surface area (Å²) >= 11 is 1.86. The van der Waals surface area contributed by atoms with Crippen LogP contribution in [0.2, 0.25) is 0 Å². The van der Waals surface area contributed by atoms with Gasteiger partial charge in [-0.3, -0.25) is 4.90 Å². The molecule has 1 heterocycles. The van der Waals surface area contributed by atoms with Gasteiger partial charge in [-0.05, 0) is 56.4 Å². The third-order valence-corrected chi connectivity index (χ3v) is 6.14. The maximum Gasteiger partial charge on any atom is 0.0338 e. The molecule has 0 amide bonds. The predicted octanol–water partition coefficient (Wildman–Crippen LogP) is 4.65. The van der Waals surface area contributed by atoms with Gasteiger partial charge >= 0.3 is 0 Å². The normalized spacial score (nSPS) is 26.2. The van der Waals surface area contributed by atoms with Gasteiger partial charge in [-0.1, -0.05) is 26.3 Å². The molecule has 120 valence electrons. The van der Waals surface area contributed by atoms with Crippen LogP contribution in [-0.4, -0.2) is 23.0 Å². The lowest BCUT2D eigenvalue weighted by Crippen LogP contribution is -2.55. The Hall–Kier alpha value is -0.380. The van der Waals surface area contributed by atoms with E-state index in [4.69, 9.17) is 5.73 Å². The summed E-state index contributed by atoms with van der Waals surface area (Å²) in [6.45, 7) is 11.3. The van der Waals surface area contributed by atoms with Crippen molar-refractivity contribution < 1.29 is 0 Å². The van der Waals surface area contributed by atoms with Crippen LogP contribution in [0.25, 0.3) is 0 Å². The Morgan fingerprint density at radius 2 is 2.00 bits per heavy atom. The van der Waals surface area contributed by atoms with Crippen LogP contribution >= 0.6 is 11.3 Å². The van der Waals surface area contributed by atoms with Gasteiger partial charge in [0.25, 0.3) is 0 Å². The Kier molecular flexibility index (Phi) is 5.50. The molecule has 0 spiro atoms. The van der Waals surface area contributed by atoms with Crippen molar-refractivity contribution >= 4 is 11.3 Å². The Balaban J connectivity index is 2.22. The van der Waals surface area contributed by atoms with E-state index in [0.717, 1.165) is 13.1 Å². The molecule has 0 aromatic carbocycles. The molecule has 1 atom stereocenters. The van der Waals surface area contributed by atoms with Crippen molar-refractivity contribution in [2.45, 2.75) is 77.9 Å². The van der Waals surface area contributed by atoms with E-state index in [1.54, 1.807) is 0 Å². The number of rotatable bonds is 5. The zero-order valence-corrected chi connectivity index (χ0v) is 15.0. The second kappa shape index (κ2) is 6.80. The van der Waals surface area contributed by atoms with E-state index in [2.05, 4.69) is 50.1 Å². The van der Waals surface area contributed by atoms with Crippen LogP contribution < -0.4 is 5.73 Å². The van der Waals surface area contributed by atoms with E-state index in [1.807, 2.05) is 11.3 Å². The van der Waals surface area contributed by atoms with Gasteiger partial charge in [0.2, 0.25) is 0 Å². The smallest absolute Gasteiger partial charge is 0.0338 e. The van der Waals surface area contributed by atoms with E-state index in [1.165, 1.54) is 37.0 Å². The molecule has 1 aromatic heterocycles. The van der Waals surface area contributed by atoms with Crippen molar-refractivity contribution in [1.29, 1.82) is 0 Å². The summed E-state index contributed by atoms with van der Waals surface area (Å²) in [6, 6.07) is 4.95. The summed E-state index contributed by atoms with van der Waals surface area (Å²) in [4.78, 5) is 4.14. The lowest BCUT2D eigenvalue weighted by atomic mass is 9.82. The molecular formula is C18H32N2S.